The summed E-state index contributed by atoms with van der Waals surface area (Å²) in [7, 11) is 0. The molecule has 0 unspecified atom stereocenters. The second kappa shape index (κ2) is 4.72. The number of hydrogen-bond acceptors (Lipinski definition) is 3. The van der Waals surface area contributed by atoms with Gasteiger partial charge in [-0.05, 0) is 18.2 Å². The van der Waals surface area contributed by atoms with Gasteiger partial charge in [0.15, 0.2) is 0 Å². The summed E-state index contributed by atoms with van der Waals surface area (Å²) in [6.45, 7) is 0. The summed E-state index contributed by atoms with van der Waals surface area (Å²) < 4.78 is 0. The summed E-state index contributed by atoms with van der Waals surface area (Å²) in [5.74, 6) is -1.29. The number of benzene rings is 1. The standard InChI is InChI=1S/C7H6ClNO2.Na/c8-4-1-2-5(7(10)11)6(9)3-4;/h1-3H,9H2,(H,10,11);/q;+1/p-1. The molecular formula is C7H5ClNNaO2. The van der Waals surface area contributed by atoms with E-state index in [1.165, 1.54) is 18.2 Å². The van der Waals surface area contributed by atoms with Gasteiger partial charge < -0.3 is 15.6 Å². The SMILES string of the molecule is Nc1cc(Cl)ccc1C(=O)[O-].[Na+]. The van der Waals surface area contributed by atoms with Gasteiger partial charge in [0.2, 0.25) is 0 Å². The zero-order valence-electron chi connectivity index (χ0n) is 6.50. The smallest absolute Gasteiger partial charge is 0.545 e. The maximum Gasteiger partial charge on any atom is 1.00 e. The minimum Gasteiger partial charge on any atom is -0.545 e. The molecule has 0 atom stereocenters. The van der Waals surface area contributed by atoms with E-state index in [-0.39, 0.29) is 40.8 Å². The Kier molecular flexibility index (Phi) is 4.63. The first-order valence-corrected chi connectivity index (χ1v) is 3.25. The van der Waals surface area contributed by atoms with Gasteiger partial charge in [0.05, 0.1) is 5.97 Å². The number of nitrogen functional groups attached to an aromatic ring is 1. The fraction of sp³-hybridized carbons (Fsp3) is 0. The maximum absolute atomic E-state index is 10.3. The zero-order chi connectivity index (χ0) is 8.43. The Bertz CT molecular complexity index is 303. The van der Waals surface area contributed by atoms with E-state index in [2.05, 4.69) is 0 Å². The average Bonchev–Trinajstić information content (AvgIpc) is 1.85. The van der Waals surface area contributed by atoms with Crippen molar-refractivity contribution in [3.05, 3.63) is 28.8 Å². The van der Waals surface area contributed by atoms with E-state index in [0.717, 1.165) is 0 Å². The summed E-state index contributed by atoms with van der Waals surface area (Å²) in [5, 5.41) is 10.7. The van der Waals surface area contributed by atoms with Gasteiger partial charge in [-0.2, -0.15) is 0 Å². The van der Waals surface area contributed by atoms with Crippen LogP contribution in [0.3, 0.4) is 0 Å². The van der Waals surface area contributed by atoms with E-state index in [1.54, 1.807) is 0 Å². The van der Waals surface area contributed by atoms with Crippen molar-refractivity contribution >= 4 is 23.3 Å². The summed E-state index contributed by atoms with van der Waals surface area (Å²) in [5.41, 5.74) is 5.41. The number of nitrogens with two attached hydrogens (primary N) is 1. The van der Waals surface area contributed by atoms with Crippen LogP contribution in [0.15, 0.2) is 18.2 Å². The van der Waals surface area contributed by atoms with Gasteiger partial charge in [-0.25, -0.2) is 0 Å². The molecule has 0 bridgehead atoms. The molecule has 58 valence electrons. The van der Waals surface area contributed by atoms with Crippen LogP contribution in [0.1, 0.15) is 10.4 Å². The molecule has 0 fully saturated rings. The van der Waals surface area contributed by atoms with E-state index in [1.807, 2.05) is 0 Å². The molecule has 12 heavy (non-hydrogen) atoms. The van der Waals surface area contributed by atoms with Gasteiger partial charge in [-0.3, -0.25) is 0 Å². The van der Waals surface area contributed by atoms with Crippen molar-refractivity contribution < 1.29 is 39.5 Å². The maximum atomic E-state index is 10.3. The summed E-state index contributed by atoms with van der Waals surface area (Å²) in [6.07, 6.45) is 0. The van der Waals surface area contributed by atoms with Crippen molar-refractivity contribution in [2.45, 2.75) is 0 Å². The second-order valence-electron chi connectivity index (χ2n) is 2.02. The first-order valence-electron chi connectivity index (χ1n) is 2.87. The number of anilines is 1. The van der Waals surface area contributed by atoms with Crippen LogP contribution >= 0.6 is 11.6 Å². The molecule has 0 aliphatic heterocycles. The molecule has 0 heterocycles. The monoisotopic (exact) mass is 193 g/mol. The van der Waals surface area contributed by atoms with Crippen molar-refractivity contribution in [1.29, 1.82) is 0 Å². The van der Waals surface area contributed by atoms with Crippen molar-refractivity contribution in [1.82, 2.24) is 0 Å². The number of hydrogen-bond donors (Lipinski definition) is 1. The van der Waals surface area contributed by atoms with E-state index in [4.69, 9.17) is 17.3 Å². The first kappa shape index (κ1) is 11.8. The summed E-state index contributed by atoms with van der Waals surface area (Å²) in [4.78, 5) is 10.3. The number of carbonyl (C=O) groups excluding carboxylic acids is 1. The molecular weight excluding hydrogens is 189 g/mol. The van der Waals surface area contributed by atoms with Crippen LogP contribution < -0.4 is 40.4 Å². The van der Waals surface area contributed by atoms with E-state index in [0.29, 0.717) is 5.02 Å². The van der Waals surface area contributed by atoms with Gasteiger partial charge >= 0.3 is 29.6 Å². The fourth-order valence-corrected chi connectivity index (χ4v) is 0.900. The number of carboxylic acids is 1. The van der Waals surface area contributed by atoms with Crippen molar-refractivity contribution in [3.63, 3.8) is 0 Å². The Morgan fingerprint density at radius 1 is 1.50 bits per heavy atom. The number of carboxylic acid groups (broad SMARTS) is 1. The molecule has 0 saturated heterocycles. The van der Waals surface area contributed by atoms with Crippen molar-refractivity contribution in [2.24, 2.45) is 0 Å². The van der Waals surface area contributed by atoms with E-state index < -0.39 is 5.97 Å². The third kappa shape index (κ3) is 2.68. The molecule has 1 aromatic carbocycles. The quantitative estimate of drug-likeness (QED) is 0.390. The van der Waals surface area contributed by atoms with Crippen LogP contribution in [0.5, 0.6) is 0 Å². The van der Waals surface area contributed by atoms with Crippen LogP contribution in [-0.2, 0) is 0 Å². The van der Waals surface area contributed by atoms with Gasteiger partial charge in [-0.1, -0.05) is 11.6 Å². The van der Waals surface area contributed by atoms with Crippen LogP contribution in [0.4, 0.5) is 5.69 Å². The minimum atomic E-state index is -1.29. The molecule has 1 aromatic rings. The zero-order valence-corrected chi connectivity index (χ0v) is 9.26. The Balaban J connectivity index is 0.00000121. The largest absolute Gasteiger partial charge is 1.00 e. The topological polar surface area (TPSA) is 66.2 Å². The number of aromatic carboxylic acids is 1. The molecule has 0 aromatic heterocycles. The van der Waals surface area contributed by atoms with Crippen molar-refractivity contribution in [2.75, 3.05) is 5.73 Å². The van der Waals surface area contributed by atoms with Gasteiger partial charge in [0.1, 0.15) is 0 Å². The van der Waals surface area contributed by atoms with Crippen LogP contribution in [0.2, 0.25) is 5.02 Å². The van der Waals surface area contributed by atoms with Crippen molar-refractivity contribution in [3.8, 4) is 0 Å². The molecule has 2 N–H and O–H groups in total. The Morgan fingerprint density at radius 2 is 2.08 bits per heavy atom. The molecule has 3 nitrogen and oxygen atoms in total. The number of rotatable bonds is 1. The predicted molar refractivity (Wildman–Crippen MR) is 40.2 cm³/mol. The fourth-order valence-electron chi connectivity index (χ4n) is 0.719. The molecule has 5 heteroatoms. The minimum absolute atomic E-state index is 0. The average molecular weight is 194 g/mol. The first-order chi connectivity index (χ1) is 5.11. The molecule has 0 radical (unpaired) electrons. The third-order valence-corrected chi connectivity index (χ3v) is 1.47. The molecule has 0 aliphatic rings. The Labute approximate surface area is 96.8 Å². The van der Waals surface area contributed by atoms with Crippen LogP contribution in [-0.4, -0.2) is 5.97 Å². The molecule has 0 aliphatic carbocycles. The van der Waals surface area contributed by atoms with Gasteiger partial charge in [0, 0.05) is 16.3 Å². The third-order valence-electron chi connectivity index (χ3n) is 1.23. The number of carbonyl (C=O) groups is 1. The van der Waals surface area contributed by atoms with Gasteiger partial charge in [0.25, 0.3) is 0 Å². The molecule has 0 spiro atoms. The van der Waals surface area contributed by atoms with E-state index in [9.17, 15) is 9.90 Å². The number of halogens is 1. The summed E-state index contributed by atoms with van der Waals surface area (Å²) in [6, 6.07) is 4.13. The van der Waals surface area contributed by atoms with Crippen LogP contribution in [0.25, 0.3) is 0 Å². The Morgan fingerprint density at radius 3 is 2.50 bits per heavy atom. The molecule has 0 saturated carbocycles. The molecule has 1 rings (SSSR count). The van der Waals surface area contributed by atoms with Crippen LogP contribution in [0, 0.1) is 0 Å². The van der Waals surface area contributed by atoms with E-state index >= 15 is 0 Å². The second-order valence-corrected chi connectivity index (χ2v) is 2.46. The summed E-state index contributed by atoms with van der Waals surface area (Å²) >= 11 is 5.53. The molecule has 0 amide bonds. The predicted octanol–water partition coefficient (Wildman–Crippen LogP) is -2.71. The van der Waals surface area contributed by atoms with Gasteiger partial charge in [-0.15, -0.1) is 0 Å². The Hall–Kier alpha value is -0.220. The normalized spacial score (nSPS) is 8.75.